The predicted octanol–water partition coefficient (Wildman–Crippen LogP) is 1.23. The van der Waals surface area contributed by atoms with Gasteiger partial charge < -0.3 is 24.8 Å². The maximum Gasteiger partial charge on any atom is 0.100 e. The molecule has 1 rings (SSSR count). The standard InChI is InChI=1S/C15H30O5/c1-3-5-6-7-12(18)14-8-15(13(4-2)20-14)19-10-11(17)9-16/h11-18H,3-10H2,1-2H3. The van der Waals surface area contributed by atoms with Crippen molar-refractivity contribution in [2.24, 2.45) is 0 Å². The SMILES string of the molecule is CCCCCC(O)C1CC(OCC(O)CO)C(CC)O1. The van der Waals surface area contributed by atoms with Crippen LogP contribution in [0.5, 0.6) is 0 Å². The number of aliphatic hydroxyl groups is 3. The van der Waals surface area contributed by atoms with E-state index in [9.17, 15) is 10.2 Å². The van der Waals surface area contributed by atoms with Gasteiger partial charge in [0.1, 0.15) is 6.10 Å². The highest BCUT2D eigenvalue weighted by molar-refractivity contribution is 4.86. The van der Waals surface area contributed by atoms with Gasteiger partial charge in [0.2, 0.25) is 0 Å². The fraction of sp³-hybridized carbons (Fsp3) is 1.00. The van der Waals surface area contributed by atoms with Crippen LogP contribution >= 0.6 is 0 Å². The Bertz CT molecular complexity index is 248. The molecule has 1 aliphatic rings. The summed E-state index contributed by atoms with van der Waals surface area (Å²) in [5.74, 6) is 0. The molecule has 1 fully saturated rings. The molecule has 1 heterocycles. The summed E-state index contributed by atoms with van der Waals surface area (Å²) in [6.07, 6.45) is 3.93. The first kappa shape index (κ1) is 17.9. The van der Waals surface area contributed by atoms with Crippen molar-refractivity contribution in [1.29, 1.82) is 0 Å². The fourth-order valence-electron chi connectivity index (χ4n) is 2.61. The van der Waals surface area contributed by atoms with Crippen LogP contribution < -0.4 is 0 Å². The van der Waals surface area contributed by atoms with E-state index in [2.05, 4.69) is 6.92 Å². The van der Waals surface area contributed by atoms with Crippen LogP contribution in [0.15, 0.2) is 0 Å². The zero-order chi connectivity index (χ0) is 15.0. The zero-order valence-corrected chi connectivity index (χ0v) is 12.7. The molecule has 0 radical (unpaired) electrons. The van der Waals surface area contributed by atoms with Gasteiger partial charge in [-0.1, -0.05) is 33.1 Å². The minimum Gasteiger partial charge on any atom is -0.394 e. The van der Waals surface area contributed by atoms with E-state index in [-0.39, 0.29) is 31.5 Å². The molecule has 0 amide bonds. The first-order valence-corrected chi connectivity index (χ1v) is 7.86. The molecule has 120 valence electrons. The molecule has 5 nitrogen and oxygen atoms in total. The summed E-state index contributed by atoms with van der Waals surface area (Å²) in [5.41, 5.74) is 0. The Labute approximate surface area is 121 Å². The van der Waals surface area contributed by atoms with E-state index in [4.69, 9.17) is 14.6 Å². The lowest BCUT2D eigenvalue weighted by atomic mass is 10.0. The molecule has 1 saturated heterocycles. The van der Waals surface area contributed by atoms with Crippen molar-refractivity contribution in [3.05, 3.63) is 0 Å². The van der Waals surface area contributed by atoms with Gasteiger partial charge in [0.05, 0.1) is 37.6 Å². The zero-order valence-electron chi connectivity index (χ0n) is 12.7. The van der Waals surface area contributed by atoms with E-state index in [0.717, 1.165) is 32.1 Å². The first-order valence-electron chi connectivity index (χ1n) is 7.86. The molecule has 0 saturated carbocycles. The molecule has 5 heteroatoms. The first-order chi connectivity index (χ1) is 9.62. The van der Waals surface area contributed by atoms with Crippen molar-refractivity contribution in [2.75, 3.05) is 13.2 Å². The van der Waals surface area contributed by atoms with Gasteiger partial charge in [0.15, 0.2) is 0 Å². The number of aliphatic hydroxyl groups excluding tert-OH is 3. The molecule has 0 bridgehead atoms. The maximum absolute atomic E-state index is 10.2. The van der Waals surface area contributed by atoms with Crippen LogP contribution in [0.2, 0.25) is 0 Å². The van der Waals surface area contributed by atoms with Crippen molar-refractivity contribution < 1.29 is 24.8 Å². The van der Waals surface area contributed by atoms with Gasteiger partial charge in [-0.05, 0) is 12.8 Å². The minimum atomic E-state index is -0.846. The fourth-order valence-corrected chi connectivity index (χ4v) is 2.61. The molecule has 20 heavy (non-hydrogen) atoms. The van der Waals surface area contributed by atoms with Crippen LogP contribution in [0.25, 0.3) is 0 Å². The molecule has 5 unspecified atom stereocenters. The lowest BCUT2D eigenvalue weighted by Gasteiger charge is -2.19. The second kappa shape index (κ2) is 9.68. The summed E-state index contributed by atoms with van der Waals surface area (Å²) in [6, 6.07) is 0. The van der Waals surface area contributed by atoms with Crippen LogP contribution in [-0.2, 0) is 9.47 Å². The largest absolute Gasteiger partial charge is 0.394 e. The molecule has 3 N–H and O–H groups in total. The van der Waals surface area contributed by atoms with Crippen LogP contribution in [0, 0.1) is 0 Å². The molecule has 0 aliphatic carbocycles. The van der Waals surface area contributed by atoms with Crippen molar-refractivity contribution in [3.8, 4) is 0 Å². The number of hydrogen-bond donors (Lipinski definition) is 3. The lowest BCUT2D eigenvalue weighted by molar-refractivity contribution is -0.0717. The average Bonchev–Trinajstić information content (AvgIpc) is 2.88. The van der Waals surface area contributed by atoms with Crippen LogP contribution in [0.3, 0.4) is 0 Å². The second-order valence-electron chi connectivity index (χ2n) is 5.63. The van der Waals surface area contributed by atoms with E-state index in [1.54, 1.807) is 0 Å². The summed E-state index contributed by atoms with van der Waals surface area (Å²) in [4.78, 5) is 0. The molecule has 0 aromatic heterocycles. The molecular weight excluding hydrogens is 260 g/mol. The number of ether oxygens (including phenoxy) is 2. The van der Waals surface area contributed by atoms with Gasteiger partial charge in [0, 0.05) is 6.42 Å². The van der Waals surface area contributed by atoms with Gasteiger partial charge in [-0.15, -0.1) is 0 Å². The van der Waals surface area contributed by atoms with E-state index in [1.807, 2.05) is 6.92 Å². The summed E-state index contributed by atoms with van der Waals surface area (Å²) >= 11 is 0. The van der Waals surface area contributed by atoms with E-state index in [1.165, 1.54) is 0 Å². The van der Waals surface area contributed by atoms with Gasteiger partial charge >= 0.3 is 0 Å². The Morgan fingerprint density at radius 1 is 1.25 bits per heavy atom. The van der Waals surface area contributed by atoms with Crippen molar-refractivity contribution in [1.82, 2.24) is 0 Å². The summed E-state index contributed by atoms with van der Waals surface area (Å²) in [5, 5.41) is 28.3. The van der Waals surface area contributed by atoms with Gasteiger partial charge in [0.25, 0.3) is 0 Å². The summed E-state index contributed by atoms with van der Waals surface area (Å²) in [6.45, 7) is 3.98. The number of rotatable bonds is 10. The Hall–Kier alpha value is -0.200. The third-order valence-electron chi connectivity index (χ3n) is 3.88. The molecule has 0 spiro atoms. The Morgan fingerprint density at radius 3 is 2.60 bits per heavy atom. The maximum atomic E-state index is 10.2. The average molecular weight is 290 g/mol. The molecule has 1 aliphatic heterocycles. The van der Waals surface area contributed by atoms with Gasteiger partial charge in [-0.25, -0.2) is 0 Å². The monoisotopic (exact) mass is 290 g/mol. The van der Waals surface area contributed by atoms with Gasteiger partial charge in [-0.2, -0.15) is 0 Å². The summed E-state index contributed by atoms with van der Waals surface area (Å²) < 4.78 is 11.5. The second-order valence-corrected chi connectivity index (χ2v) is 5.63. The van der Waals surface area contributed by atoms with E-state index < -0.39 is 12.2 Å². The lowest BCUT2D eigenvalue weighted by Crippen LogP contribution is -2.29. The molecular formula is C15H30O5. The van der Waals surface area contributed by atoms with E-state index >= 15 is 0 Å². The van der Waals surface area contributed by atoms with Gasteiger partial charge in [-0.3, -0.25) is 0 Å². The molecule has 0 aromatic carbocycles. The minimum absolute atomic E-state index is 0.0354. The van der Waals surface area contributed by atoms with Crippen molar-refractivity contribution in [3.63, 3.8) is 0 Å². The highest BCUT2D eigenvalue weighted by atomic mass is 16.6. The quantitative estimate of drug-likeness (QED) is 0.527. The molecule has 5 atom stereocenters. The number of unbranched alkanes of at least 4 members (excludes halogenated alkanes) is 2. The number of hydrogen-bond acceptors (Lipinski definition) is 5. The summed E-state index contributed by atoms with van der Waals surface area (Å²) in [7, 11) is 0. The van der Waals surface area contributed by atoms with Crippen molar-refractivity contribution in [2.45, 2.75) is 82.9 Å². The van der Waals surface area contributed by atoms with Crippen LogP contribution in [0.4, 0.5) is 0 Å². The van der Waals surface area contributed by atoms with Crippen LogP contribution in [0.1, 0.15) is 52.4 Å². The van der Waals surface area contributed by atoms with E-state index in [0.29, 0.717) is 6.42 Å². The van der Waals surface area contributed by atoms with Crippen LogP contribution in [-0.4, -0.2) is 59.1 Å². The third-order valence-corrected chi connectivity index (χ3v) is 3.88. The molecule has 0 aromatic rings. The topological polar surface area (TPSA) is 79.2 Å². The normalized spacial score (nSPS) is 29.6. The highest BCUT2D eigenvalue weighted by Crippen LogP contribution is 2.29. The Morgan fingerprint density at radius 2 is 2.00 bits per heavy atom. The highest BCUT2D eigenvalue weighted by Gasteiger charge is 2.38. The Kier molecular flexibility index (Phi) is 8.64. The Balaban J connectivity index is 2.37. The third kappa shape index (κ3) is 5.66. The smallest absolute Gasteiger partial charge is 0.100 e. The predicted molar refractivity (Wildman–Crippen MR) is 76.6 cm³/mol. The van der Waals surface area contributed by atoms with Crippen molar-refractivity contribution >= 4 is 0 Å².